The number of hydrogen-bond acceptors (Lipinski definition) is 3. The first-order valence-corrected chi connectivity index (χ1v) is 7.99. The third kappa shape index (κ3) is 6.97. The van der Waals surface area contributed by atoms with Gasteiger partial charge in [0.15, 0.2) is 0 Å². The maximum absolute atomic E-state index is 12.2. The van der Waals surface area contributed by atoms with Gasteiger partial charge in [-0.15, -0.1) is 12.4 Å². The second-order valence-corrected chi connectivity index (χ2v) is 7.21. The summed E-state index contributed by atoms with van der Waals surface area (Å²) in [5, 5.41) is 2.97. The molecule has 0 aromatic rings. The molecule has 0 saturated heterocycles. The Bertz CT molecular complexity index is 368. The molecule has 1 unspecified atom stereocenters. The molecule has 6 heteroatoms. The SMILES string of the molecule is CC(CC(=O)N(C)CC(C)(C)CN)NC(=O)C1CCCC1.Cl. The third-order valence-electron chi connectivity index (χ3n) is 4.24. The van der Waals surface area contributed by atoms with Gasteiger partial charge in [-0.3, -0.25) is 9.59 Å². The lowest BCUT2D eigenvalue weighted by molar-refractivity contribution is -0.132. The Balaban J connectivity index is 0.00000441. The van der Waals surface area contributed by atoms with Gasteiger partial charge in [-0.1, -0.05) is 26.7 Å². The summed E-state index contributed by atoms with van der Waals surface area (Å²) in [6, 6.07) is -0.117. The Labute approximate surface area is 140 Å². The van der Waals surface area contributed by atoms with Crippen molar-refractivity contribution in [3.8, 4) is 0 Å². The lowest BCUT2D eigenvalue weighted by atomic mass is 9.93. The van der Waals surface area contributed by atoms with Gasteiger partial charge in [0.05, 0.1) is 0 Å². The zero-order chi connectivity index (χ0) is 16.0. The van der Waals surface area contributed by atoms with E-state index in [1.165, 1.54) is 0 Å². The highest BCUT2D eigenvalue weighted by Crippen LogP contribution is 2.24. The predicted octanol–water partition coefficient (Wildman–Crippen LogP) is 1.94. The minimum absolute atomic E-state index is 0. The number of rotatable bonds is 7. The summed E-state index contributed by atoms with van der Waals surface area (Å²) in [6.45, 7) is 7.15. The molecule has 130 valence electrons. The lowest BCUT2D eigenvalue weighted by Crippen LogP contribution is -2.43. The Morgan fingerprint density at radius 1 is 1.32 bits per heavy atom. The number of amides is 2. The number of halogens is 1. The minimum atomic E-state index is -0.117. The van der Waals surface area contributed by atoms with Crippen LogP contribution in [0.25, 0.3) is 0 Å². The molecule has 3 N–H and O–H groups in total. The van der Waals surface area contributed by atoms with E-state index in [0.29, 0.717) is 19.5 Å². The molecule has 0 spiro atoms. The first kappa shape index (κ1) is 21.2. The minimum Gasteiger partial charge on any atom is -0.353 e. The fraction of sp³-hybridized carbons (Fsp3) is 0.875. The normalized spacial score (nSPS) is 16.8. The maximum Gasteiger partial charge on any atom is 0.224 e. The lowest BCUT2D eigenvalue weighted by Gasteiger charge is -2.30. The van der Waals surface area contributed by atoms with Crippen molar-refractivity contribution >= 4 is 24.2 Å². The van der Waals surface area contributed by atoms with E-state index in [4.69, 9.17) is 5.73 Å². The van der Waals surface area contributed by atoms with Crippen LogP contribution in [0.3, 0.4) is 0 Å². The largest absolute Gasteiger partial charge is 0.353 e. The van der Waals surface area contributed by atoms with Crippen LogP contribution in [0.15, 0.2) is 0 Å². The van der Waals surface area contributed by atoms with Gasteiger partial charge in [0.25, 0.3) is 0 Å². The van der Waals surface area contributed by atoms with E-state index in [9.17, 15) is 9.59 Å². The summed E-state index contributed by atoms with van der Waals surface area (Å²) in [7, 11) is 1.80. The standard InChI is InChI=1S/C16H31N3O2.ClH/c1-12(18-15(21)13-7-5-6-8-13)9-14(20)19(4)11-16(2,3)10-17;/h12-13H,5-11,17H2,1-4H3,(H,18,21);1H. The molecule has 1 rings (SSSR count). The third-order valence-corrected chi connectivity index (χ3v) is 4.24. The molecule has 1 saturated carbocycles. The molecule has 1 atom stereocenters. The number of hydrogen-bond donors (Lipinski definition) is 2. The summed E-state index contributed by atoms with van der Waals surface area (Å²) in [5.41, 5.74) is 5.61. The van der Waals surface area contributed by atoms with Crippen LogP contribution in [0.2, 0.25) is 0 Å². The van der Waals surface area contributed by atoms with Gasteiger partial charge in [-0.25, -0.2) is 0 Å². The molecule has 1 aliphatic rings. The number of nitrogens with zero attached hydrogens (tertiary/aromatic N) is 1. The molecule has 0 bridgehead atoms. The van der Waals surface area contributed by atoms with Gasteiger partial charge >= 0.3 is 0 Å². The first-order valence-electron chi connectivity index (χ1n) is 7.99. The van der Waals surface area contributed by atoms with Crippen molar-refractivity contribution in [1.82, 2.24) is 10.2 Å². The number of carbonyl (C=O) groups excluding carboxylic acids is 2. The summed E-state index contributed by atoms with van der Waals surface area (Å²) < 4.78 is 0. The van der Waals surface area contributed by atoms with Gasteiger partial charge in [-0.2, -0.15) is 0 Å². The van der Waals surface area contributed by atoms with Crippen LogP contribution in [0.5, 0.6) is 0 Å². The smallest absolute Gasteiger partial charge is 0.224 e. The molecular formula is C16H32ClN3O2. The highest BCUT2D eigenvalue weighted by Gasteiger charge is 2.25. The van der Waals surface area contributed by atoms with Crippen LogP contribution >= 0.6 is 12.4 Å². The van der Waals surface area contributed by atoms with Crippen molar-refractivity contribution in [3.05, 3.63) is 0 Å². The van der Waals surface area contributed by atoms with Crippen molar-refractivity contribution in [2.75, 3.05) is 20.1 Å². The summed E-state index contributed by atoms with van der Waals surface area (Å²) >= 11 is 0. The van der Waals surface area contributed by atoms with Crippen LogP contribution in [0.1, 0.15) is 52.9 Å². The molecule has 0 radical (unpaired) electrons. The van der Waals surface area contributed by atoms with Gasteiger partial charge in [0, 0.05) is 32.0 Å². The Kier molecular flexibility index (Phi) is 9.01. The average Bonchev–Trinajstić information content (AvgIpc) is 2.91. The zero-order valence-corrected chi connectivity index (χ0v) is 15.2. The van der Waals surface area contributed by atoms with E-state index in [0.717, 1.165) is 25.7 Å². The highest BCUT2D eigenvalue weighted by atomic mass is 35.5. The Hall–Kier alpha value is -0.810. The maximum atomic E-state index is 12.2. The van der Waals surface area contributed by atoms with Gasteiger partial charge in [0.1, 0.15) is 0 Å². The molecule has 1 fully saturated rings. The quantitative estimate of drug-likeness (QED) is 0.747. The van der Waals surface area contributed by atoms with Crippen molar-refractivity contribution in [2.45, 2.75) is 58.9 Å². The van der Waals surface area contributed by atoms with Crippen LogP contribution in [-0.4, -0.2) is 42.9 Å². The van der Waals surface area contributed by atoms with Crippen molar-refractivity contribution in [3.63, 3.8) is 0 Å². The van der Waals surface area contributed by atoms with E-state index in [-0.39, 0.29) is 41.6 Å². The average molecular weight is 334 g/mol. The second-order valence-electron chi connectivity index (χ2n) is 7.21. The van der Waals surface area contributed by atoms with E-state index < -0.39 is 0 Å². The van der Waals surface area contributed by atoms with Crippen molar-refractivity contribution < 1.29 is 9.59 Å². The highest BCUT2D eigenvalue weighted by molar-refractivity contribution is 5.85. The van der Waals surface area contributed by atoms with E-state index >= 15 is 0 Å². The summed E-state index contributed by atoms with van der Waals surface area (Å²) in [5.74, 6) is 0.310. The molecule has 2 amide bonds. The first-order chi connectivity index (χ1) is 9.75. The Morgan fingerprint density at radius 3 is 2.36 bits per heavy atom. The molecular weight excluding hydrogens is 302 g/mol. The van der Waals surface area contributed by atoms with Crippen LogP contribution < -0.4 is 11.1 Å². The number of nitrogens with one attached hydrogen (secondary N) is 1. The monoisotopic (exact) mass is 333 g/mol. The summed E-state index contributed by atoms with van der Waals surface area (Å²) in [6.07, 6.45) is 4.59. The van der Waals surface area contributed by atoms with Gasteiger partial charge < -0.3 is 16.0 Å². The molecule has 0 aromatic carbocycles. The molecule has 0 aliphatic heterocycles. The van der Waals surface area contributed by atoms with Crippen molar-refractivity contribution in [1.29, 1.82) is 0 Å². The number of nitrogens with two attached hydrogens (primary N) is 1. The van der Waals surface area contributed by atoms with Crippen LogP contribution in [0.4, 0.5) is 0 Å². The predicted molar refractivity (Wildman–Crippen MR) is 91.9 cm³/mol. The molecule has 22 heavy (non-hydrogen) atoms. The van der Waals surface area contributed by atoms with E-state index in [1.807, 2.05) is 20.8 Å². The van der Waals surface area contributed by atoms with Gasteiger partial charge in [0.2, 0.25) is 11.8 Å². The van der Waals surface area contributed by atoms with Crippen molar-refractivity contribution in [2.24, 2.45) is 17.1 Å². The van der Waals surface area contributed by atoms with Crippen LogP contribution in [-0.2, 0) is 9.59 Å². The van der Waals surface area contributed by atoms with E-state index in [2.05, 4.69) is 5.32 Å². The molecule has 0 aromatic heterocycles. The fourth-order valence-corrected chi connectivity index (χ4v) is 2.81. The Morgan fingerprint density at radius 2 is 1.86 bits per heavy atom. The van der Waals surface area contributed by atoms with Crippen LogP contribution in [0, 0.1) is 11.3 Å². The zero-order valence-electron chi connectivity index (χ0n) is 14.4. The molecule has 0 heterocycles. The van der Waals surface area contributed by atoms with E-state index in [1.54, 1.807) is 11.9 Å². The summed E-state index contributed by atoms with van der Waals surface area (Å²) in [4.78, 5) is 25.9. The molecule has 1 aliphatic carbocycles. The topological polar surface area (TPSA) is 75.4 Å². The fourth-order valence-electron chi connectivity index (χ4n) is 2.81. The van der Waals surface area contributed by atoms with Gasteiger partial charge in [-0.05, 0) is 31.7 Å². The number of carbonyl (C=O) groups is 2. The molecule has 5 nitrogen and oxygen atoms in total. The second kappa shape index (κ2) is 9.36.